The minimum atomic E-state index is -3.15. The summed E-state index contributed by atoms with van der Waals surface area (Å²) in [6.45, 7) is 3.31. The Hall–Kier alpha value is -1.82. The molecule has 0 atom stereocenters. The molecule has 1 aromatic carbocycles. The van der Waals surface area contributed by atoms with Gasteiger partial charge in [-0.25, -0.2) is 8.42 Å². The number of amides is 1. The average Bonchev–Trinajstić information content (AvgIpc) is 3.01. The maximum Gasteiger partial charge on any atom is 0.246 e. The Morgan fingerprint density at radius 2 is 1.85 bits per heavy atom. The number of benzene rings is 1. The molecule has 0 aromatic heterocycles. The van der Waals surface area contributed by atoms with E-state index < -0.39 is 10.0 Å². The quantitative estimate of drug-likeness (QED) is 0.740. The van der Waals surface area contributed by atoms with Gasteiger partial charge in [-0.2, -0.15) is 0 Å². The molecular formula is C20H28N2O3S. The molecule has 5 nitrogen and oxygen atoms in total. The highest BCUT2D eigenvalue weighted by Crippen LogP contribution is 2.25. The molecule has 0 N–H and O–H groups in total. The zero-order valence-corrected chi connectivity index (χ0v) is 16.2. The van der Waals surface area contributed by atoms with Gasteiger partial charge in [0.1, 0.15) is 0 Å². The predicted octanol–water partition coefficient (Wildman–Crippen LogP) is 3.42. The van der Waals surface area contributed by atoms with E-state index in [2.05, 4.69) is 0 Å². The van der Waals surface area contributed by atoms with Gasteiger partial charge in [0.2, 0.25) is 15.9 Å². The number of hydrogen-bond donors (Lipinski definition) is 0. The van der Waals surface area contributed by atoms with Crippen LogP contribution in [0.25, 0.3) is 6.08 Å². The van der Waals surface area contributed by atoms with Gasteiger partial charge in [0.25, 0.3) is 0 Å². The first-order valence-corrected chi connectivity index (χ1v) is 11.2. The van der Waals surface area contributed by atoms with Crippen molar-refractivity contribution in [2.45, 2.75) is 51.5 Å². The van der Waals surface area contributed by atoms with E-state index in [1.54, 1.807) is 6.08 Å². The van der Waals surface area contributed by atoms with E-state index in [-0.39, 0.29) is 11.7 Å². The molecule has 142 valence electrons. The number of carbonyl (C=O) groups is 1. The van der Waals surface area contributed by atoms with Crippen molar-refractivity contribution in [1.29, 1.82) is 0 Å². The largest absolute Gasteiger partial charge is 0.336 e. The maximum atomic E-state index is 12.6. The third-order valence-electron chi connectivity index (χ3n) is 5.34. The van der Waals surface area contributed by atoms with Crippen LogP contribution in [-0.2, 0) is 14.8 Å². The fourth-order valence-electron chi connectivity index (χ4n) is 3.93. The lowest BCUT2D eigenvalue weighted by Gasteiger charge is -2.32. The van der Waals surface area contributed by atoms with Crippen LogP contribution in [0.3, 0.4) is 0 Å². The van der Waals surface area contributed by atoms with Gasteiger partial charge >= 0.3 is 0 Å². The highest BCUT2D eigenvalue weighted by molar-refractivity contribution is 7.93. The van der Waals surface area contributed by atoms with E-state index >= 15 is 0 Å². The third kappa shape index (κ3) is 4.29. The molecule has 1 amide bonds. The van der Waals surface area contributed by atoms with Gasteiger partial charge in [0, 0.05) is 25.2 Å². The fourth-order valence-corrected chi connectivity index (χ4v) is 5.50. The fraction of sp³-hybridized carbons (Fsp3) is 0.550. The van der Waals surface area contributed by atoms with Crippen molar-refractivity contribution < 1.29 is 13.2 Å². The van der Waals surface area contributed by atoms with Gasteiger partial charge in [-0.3, -0.25) is 9.10 Å². The number of sulfonamides is 1. The Kier molecular flexibility index (Phi) is 6.01. The summed E-state index contributed by atoms with van der Waals surface area (Å²) in [4.78, 5) is 14.5. The Labute approximate surface area is 156 Å². The molecule has 1 aliphatic carbocycles. The van der Waals surface area contributed by atoms with Crippen LogP contribution in [0.2, 0.25) is 0 Å². The minimum absolute atomic E-state index is 0.0607. The van der Waals surface area contributed by atoms with Gasteiger partial charge in [0.15, 0.2) is 0 Å². The van der Waals surface area contributed by atoms with Gasteiger partial charge in [-0.1, -0.05) is 31.4 Å². The molecule has 1 heterocycles. The molecular weight excluding hydrogens is 348 g/mol. The Morgan fingerprint density at radius 3 is 2.42 bits per heavy atom. The van der Waals surface area contributed by atoms with E-state index in [0.717, 1.165) is 24.9 Å². The van der Waals surface area contributed by atoms with Crippen molar-refractivity contribution in [3.8, 4) is 0 Å². The van der Waals surface area contributed by atoms with Crippen LogP contribution >= 0.6 is 0 Å². The molecule has 0 spiro atoms. The topological polar surface area (TPSA) is 57.7 Å². The Bertz CT molecular complexity index is 750. The standard InChI is InChI=1S/C20H28N2O3S/c1-2-21(18-7-4-3-5-8-18)20(23)14-11-17-9-12-19(13-10-17)22-15-6-16-26(22,24)25/h9-14,18H,2-8,15-16H2,1H3/b14-11+. The molecule has 2 fully saturated rings. The summed E-state index contributed by atoms with van der Waals surface area (Å²) in [6.07, 6.45) is 10.0. The van der Waals surface area contributed by atoms with E-state index in [9.17, 15) is 13.2 Å². The van der Waals surface area contributed by atoms with Gasteiger partial charge in [-0.15, -0.1) is 0 Å². The summed E-state index contributed by atoms with van der Waals surface area (Å²) in [5.74, 6) is 0.280. The molecule has 26 heavy (non-hydrogen) atoms. The van der Waals surface area contributed by atoms with Gasteiger partial charge < -0.3 is 4.90 Å². The molecule has 1 saturated heterocycles. The summed E-state index contributed by atoms with van der Waals surface area (Å²) in [6, 6.07) is 7.72. The van der Waals surface area contributed by atoms with Crippen LogP contribution in [0.5, 0.6) is 0 Å². The summed E-state index contributed by atoms with van der Waals surface area (Å²) >= 11 is 0. The number of carbonyl (C=O) groups excluding carboxylic acids is 1. The van der Waals surface area contributed by atoms with Gasteiger partial charge in [-0.05, 0) is 50.0 Å². The van der Waals surface area contributed by atoms with E-state index in [4.69, 9.17) is 0 Å². The van der Waals surface area contributed by atoms with Crippen molar-refractivity contribution in [2.75, 3.05) is 23.1 Å². The monoisotopic (exact) mass is 376 g/mol. The van der Waals surface area contributed by atoms with Crippen LogP contribution in [-0.4, -0.2) is 44.1 Å². The van der Waals surface area contributed by atoms with Crippen molar-refractivity contribution in [1.82, 2.24) is 4.90 Å². The lowest BCUT2D eigenvalue weighted by atomic mass is 9.94. The molecule has 3 rings (SSSR count). The molecule has 0 radical (unpaired) electrons. The molecule has 0 unspecified atom stereocenters. The number of anilines is 1. The predicted molar refractivity (Wildman–Crippen MR) is 105 cm³/mol. The van der Waals surface area contributed by atoms with E-state index in [1.807, 2.05) is 42.2 Å². The van der Waals surface area contributed by atoms with E-state index in [0.29, 0.717) is 24.7 Å². The van der Waals surface area contributed by atoms with E-state index in [1.165, 1.54) is 23.6 Å². The highest BCUT2D eigenvalue weighted by Gasteiger charge is 2.28. The van der Waals surface area contributed by atoms with Crippen LogP contribution < -0.4 is 4.31 Å². The highest BCUT2D eigenvalue weighted by atomic mass is 32.2. The lowest BCUT2D eigenvalue weighted by molar-refractivity contribution is -0.128. The Morgan fingerprint density at radius 1 is 1.15 bits per heavy atom. The second kappa shape index (κ2) is 8.25. The SMILES string of the molecule is CCN(C(=O)/C=C/c1ccc(N2CCCS2(=O)=O)cc1)C1CCCCC1. The first kappa shape index (κ1) is 19.0. The Balaban J connectivity index is 1.65. The average molecular weight is 377 g/mol. The molecule has 1 aromatic rings. The molecule has 1 aliphatic heterocycles. The zero-order chi connectivity index (χ0) is 18.6. The smallest absolute Gasteiger partial charge is 0.246 e. The first-order valence-electron chi connectivity index (χ1n) is 9.60. The van der Waals surface area contributed by atoms with Crippen molar-refractivity contribution >= 4 is 27.7 Å². The molecule has 6 heteroatoms. The summed E-state index contributed by atoms with van der Waals surface area (Å²) in [5.41, 5.74) is 1.60. The lowest BCUT2D eigenvalue weighted by Crippen LogP contribution is -2.40. The van der Waals surface area contributed by atoms with Gasteiger partial charge in [0.05, 0.1) is 11.4 Å². The number of hydrogen-bond acceptors (Lipinski definition) is 3. The normalized spacial score (nSPS) is 20.6. The van der Waals surface area contributed by atoms with Crippen LogP contribution in [0.15, 0.2) is 30.3 Å². The first-order chi connectivity index (χ1) is 12.5. The summed E-state index contributed by atoms with van der Waals surface area (Å²) in [7, 11) is -3.15. The number of nitrogens with zero attached hydrogens (tertiary/aromatic N) is 2. The second-order valence-electron chi connectivity index (χ2n) is 7.08. The van der Waals surface area contributed by atoms with Crippen molar-refractivity contribution in [3.63, 3.8) is 0 Å². The van der Waals surface area contributed by atoms with Crippen LogP contribution in [0.1, 0.15) is 51.0 Å². The number of likely N-dealkylation sites (N-methyl/N-ethyl adjacent to an activating group) is 1. The summed E-state index contributed by atoms with van der Waals surface area (Å²) in [5, 5.41) is 0. The zero-order valence-electron chi connectivity index (χ0n) is 15.4. The molecule has 2 aliphatic rings. The maximum absolute atomic E-state index is 12.6. The van der Waals surface area contributed by atoms with Crippen molar-refractivity contribution in [3.05, 3.63) is 35.9 Å². The van der Waals surface area contributed by atoms with Crippen LogP contribution in [0.4, 0.5) is 5.69 Å². The number of rotatable bonds is 5. The van der Waals surface area contributed by atoms with Crippen molar-refractivity contribution in [2.24, 2.45) is 0 Å². The minimum Gasteiger partial charge on any atom is -0.336 e. The molecule has 0 bridgehead atoms. The summed E-state index contributed by atoms with van der Waals surface area (Å²) < 4.78 is 25.4. The third-order valence-corrected chi connectivity index (χ3v) is 7.21. The second-order valence-corrected chi connectivity index (χ2v) is 9.10. The van der Waals surface area contributed by atoms with Crippen LogP contribution in [0, 0.1) is 0 Å². The molecule has 1 saturated carbocycles.